The highest BCUT2D eigenvalue weighted by atomic mass is 16.1. The van der Waals surface area contributed by atoms with Gasteiger partial charge in [-0.15, -0.1) is 0 Å². The van der Waals surface area contributed by atoms with Gasteiger partial charge in [0.25, 0.3) is 5.91 Å². The average Bonchev–Trinajstić information content (AvgIpc) is 2.60. The predicted octanol–water partition coefficient (Wildman–Crippen LogP) is 3.88. The van der Waals surface area contributed by atoms with Gasteiger partial charge >= 0.3 is 0 Å². The summed E-state index contributed by atoms with van der Waals surface area (Å²) in [5, 5.41) is 3.06. The molecule has 0 fully saturated rings. The third-order valence-electron chi connectivity index (χ3n) is 4.73. The van der Waals surface area contributed by atoms with Crippen molar-refractivity contribution >= 4 is 11.6 Å². The van der Waals surface area contributed by atoms with Gasteiger partial charge in [0.1, 0.15) is 0 Å². The first kappa shape index (κ1) is 16.6. The van der Waals surface area contributed by atoms with Crippen LogP contribution in [0.25, 0.3) is 0 Å². The van der Waals surface area contributed by atoms with Crippen molar-refractivity contribution in [1.82, 2.24) is 5.32 Å². The van der Waals surface area contributed by atoms with E-state index in [1.54, 1.807) is 0 Å². The summed E-state index contributed by atoms with van der Waals surface area (Å²) < 4.78 is 0. The average molecular weight is 322 g/mol. The third-order valence-corrected chi connectivity index (χ3v) is 4.73. The number of carbonyl (C=O) groups excluding carboxylic acids is 1. The Morgan fingerprint density at radius 3 is 2.88 bits per heavy atom. The van der Waals surface area contributed by atoms with Crippen LogP contribution in [0, 0.1) is 13.8 Å². The minimum absolute atomic E-state index is 0.0373. The summed E-state index contributed by atoms with van der Waals surface area (Å²) in [6.45, 7) is 6.82. The highest BCUT2D eigenvalue weighted by molar-refractivity contribution is 5.95. The van der Waals surface area contributed by atoms with Crippen LogP contribution in [0.3, 0.4) is 0 Å². The van der Waals surface area contributed by atoms with Crippen LogP contribution >= 0.6 is 0 Å². The number of anilines is 1. The topological polar surface area (TPSA) is 32.3 Å². The van der Waals surface area contributed by atoms with Gasteiger partial charge < -0.3 is 10.2 Å². The van der Waals surface area contributed by atoms with E-state index < -0.39 is 0 Å². The van der Waals surface area contributed by atoms with Crippen LogP contribution < -0.4 is 10.2 Å². The van der Waals surface area contributed by atoms with E-state index in [4.69, 9.17) is 0 Å². The van der Waals surface area contributed by atoms with Crippen LogP contribution in [0.15, 0.2) is 42.5 Å². The van der Waals surface area contributed by atoms with Crippen molar-refractivity contribution in [3.05, 3.63) is 64.7 Å². The zero-order chi connectivity index (χ0) is 16.9. The van der Waals surface area contributed by atoms with Crippen molar-refractivity contribution in [2.45, 2.75) is 33.1 Å². The van der Waals surface area contributed by atoms with Crippen LogP contribution in [0.4, 0.5) is 5.69 Å². The van der Waals surface area contributed by atoms with Crippen LogP contribution in [-0.2, 0) is 6.42 Å². The summed E-state index contributed by atoms with van der Waals surface area (Å²) in [4.78, 5) is 14.8. The monoisotopic (exact) mass is 322 g/mol. The Balaban J connectivity index is 1.51. The maximum Gasteiger partial charge on any atom is 0.251 e. The highest BCUT2D eigenvalue weighted by Gasteiger charge is 2.15. The number of hydrogen-bond donors (Lipinski definition) is 1. The number of aryl methyl sites for hydroxylation is 3. The molecule has 1 heterocycles. The second kappa shape index (κ2) is 7.52. The summed E-state index contributed by atoms with van der Waals surface area (Å²) in [7, 11) is 0. The molecule has 1 amide bonds. The van der Waals surface area contributed by atoms with Crippen molar-refractivity contribution in [3.8, 4) is 0 Å². The van der Waals surface area contributed by atoms with Gasteiger partial charge in [-0.3, -0.25) is 4.79 Å². The number of nitrogens with one attached hydrogen (secondary N) is 1. The number of carbonyl (C=O) groups is 1. The number of para-hydroxylation sites is 1. The van der Waals surface area contributed by atoms with Crippen molar-refractivity contribution in [2.75, 3.05) is 24.5 Å². The normalized spacial score (nSPS) is 13.5. The Hall–Kier alpha value is -2.29. The molecule has 3 nitrogen and oxygen atoms in total. The molecule has 2 aromatic rings. The minimum Gasteiger partial charge on any atom is -0.371 e. The first-order chi connectivity index (χ1) is 11.6. The Morgan fingerprint density at radius 2 is 2.00 bits per heavy atom. The molecule has 0 atom stereocenters. The Labute approximate surface area is 144 Å². The number of nitrogens with zero attached hydrogens (tertiary/aromatic N) is 1. The van der Waals surface area contributed by atoms with Crippen LogP contribution in [0.1, 0.15) is 39.9 Å². The van der Waals surface area contributed by atoms with E-state index in [2.05, 4.69) is 34.5 Å². The molecule has 1 aliphatic heterocycles. The molecule has 0 unspecified atom stereocenters. The molecule has 0 aliphatic carbocycles. The molecule has 3 heteroatoms. The molecule has 1 N–H and O–H groups in total. The van der Waals surface area contributed by atoms with Gasteiger partial charge in [0, 0.05) is 30.9 Å². The molecular formula is C21H26N2O. The van der Waals surface area contributed by atoms with Gasteiger partial charge in [-0.25, -0.2) is 0 Å². The molecule has 0 spiro atoms. The summed E-state index contributed by atoms with van der Waals surface area (Å²) in [6, 6.07) is 14.7. The number of hydrogen-bond acceptors (Lipinski definition) is 2. The Bertz CT molecular complexity index is 724. The molecule has 0 saturated heterocycles. The van der Waals surface area contributed by atoms with E-state index in [1.807, 2.05) is 32.0 Å². The van der Waals surface area contributed by atoms with Crippen molar-refractivity contribution in [2.24, 2.45) is 0 Å². The fourth-order valence-corrected chi connectivity index (χ4v) is 3.39. The van der Waals surface area contributed by atoms with E-state index in [-0.39, 0.29) is 5.91 Å². The molecule has 1 aliphatic rings. The first-order valence-corrected chi connectivity index (χ1v) is 8.83. The van der Waals surface area contributed by atoms with Crippen molar-refractivity contribution < 1.29 is 4.79 Å². The largest absolute Gasteiger partial charge is 0.371 e. The maximum absolute atomic E-state index is 12.3. The molecule has 0 radical (unpaired) electrons. The first-order valence-electron chi connectivity index (χ1n) is 8.83. The lowest BCUT2D eigenvalue weighted by Gasteiger charge is -2.31. The van der Waals surface area contributed by atoms with Gasteiger partial charge in [0.05, 0.1) is 0 Å². The SMILES string of the molecule is Cc1ccc(C)c(C(=O)NCCCN2CCCc3ccccc32)c1. The second-order valence-corrected chi connectivity index (χ2v) is 6.65. The van der Waals surface area contributed by atoms with E-state index >= 15 is 0 Å². The lowest BCUT2D eigenvalue weighted by atomic mass is 10.0. The Kier molecular flexibility index (Phi) is 5.19. The fraction of sp³-hybridized carbons (Fsp3) is 0.381. The van der Waals surface area contributed by atoms with E-state index in [0.717, 1.165) is 36.2 Å². The third kappa shape index (κ3) is 3.78. The molecule has 2 aromatic carbocycles. The highest BCUT2D eigenvalue weighted by Crippen LogP contribution is 2.26. The summed E-state index contributed by atoms with van der Waals surface area (Å²) in [5.41, 5.74) is 5.75. The molecule has 3 rings (SSSR count). The van der Waals surface area contributed by atoms with Gasteiger partial charge in [0.2, 0.25) is 0 Å². The quantitative estimate of drug-likeness (QED) is 0.847. The molecule has 24 heavy (non-hydrogen) atoms. The zero-order valence-corrected chi connectivity index (χ0v) is 14.6. The van der Waals surface area contributed by atoms with Gasteiger partial charge in [0.15, 0.2) is 0 Å². The smallest absolute Gasteiger partial charge is 0.251 e. The summed E-state index contributed by atoms with van der Waals surface area (Å²) in [5.74, 6) is 0.0373. The number of amides is 1. The van der Waals surface area contributed by atoms with Gasteiger partial charge in [-0.2, -0.15) is 0 Å². The lowest BCUT2D eigenvalue weighted by Crippen LogP contribution is -2.33. The van der Waals surface area contributed by atoms with E-state index in [9.17, 15) is 4.79 Å². The molecule has 0 bridgehead atoms. The molecule has 0 saturated carbocycles. The van der Waals surface area contributed by atoms with Crippen LogP contribution in [0.2, 0.25) is 0 Å². The van der Waals surface area contributed by atoms with E-state index in [1.165, 1.54) is 24.1 Å². The molecular weight excluding hydrogens is 296 g/mol. The van der Waals surface area contributed by atoms with Crippen molar-refractivity contribution in [3.63, 3.8) is 0 Å². The summed E-state index contributed by atoms with van der Waals surface area (Å²) >= 11 is 0. The summed E-state index contributed by atoms with van der Waals surface area (Å²) in [6.07, 6.45) is 3.35. The Morgan fingerprint density at radius 1 is 1.17 bits per heavy atom. The second-order valence-electron chi connectivity index (χ2n) is 6.65. The fourth-order valence-electron chi connectivity index (χ4n) is 3.39. The zero-order valence-electron chi connectivity index (χ0n) is 14.6. The van der Waals surface area contributed by atoms with Crippen LogP contribution in [-0.4, -0.2) is 25.5 Å². The number of fused-ring (bicyclic) bond motifs is 1. The van der Waals surface area contributed by atoms with E-state index in [0.29, 0.717) is 6.54 Å². The van der Waals surface area contributed by atoms with Gasteiger partial charge in [-0.05, 0) is 56.4 Å². The number of benzene rings is 2. The molecule has 126 valence electrons. The predicted molar refractivity (Wildman–Crippen MR) is 99.8 cm³/mol. The lowest BCUT2D eigenvalue weighted by molar-refractivity contribution is 0.0952. The number of rotatable bonds is 5. The molecule has 0 aromatic heterocycles. The van der Waals surface area contributed by atoms with Crippen molar-refractivity contribution in [1.29, 1.82) is 0 Å². The van der Waals surface area contributed by atoms with Crippen LogP contribution in [0.5, 0.6) is 0 Å². The standard InChI is InChI=1S/C21H26N2O/c1-16-10-11-17(2)19(15-16)21(24)22-12-6-14-23-13-5-8-18-7-3-4-9-20(18)23/h3-4,7,9-11,15H,5-6,8,12-14H2,1-2H3,(H,22,24). The maximum atomic E-state index is 12.3. The minimum atomic E-state index is 0.0373. The van der Waals surface area contributed by atoms with Gasteiger partial charge in [-0.1, -0.05) is 35.9 Å².